The molecule has 0 aromatic heterocycles. The maximum atomic E-state index is 11.9. The van der Waals surface area contributed by atoms with Crippen molar-refractivity contribution < 1.29 is 8.78 Å². The first-order valence-corrected chi connectivity index (χ1v) is 2.92. The van der Waals surface area contributed by atoms with Gasteiger partial charge in [-0.15, -0.1) is 12.8 Å². The van der Waals surface area contributed by atoms with Crippen LogP contribution in [0, 0.1) is 12.8 Å². The van der Waals surface area contributed by atoms with Gasteiger partial charge in [-0.1, -0.05) is 0 Å². The molecule has 0 radical (unpaired) electrons. The van der Waals surface area contributed by atoms with Crippen LogP contribution in [0.25, 0.3) is 0 Å². The summed E-state index contributed by atoms with van der Waals surface area (Å²) in [4.78, 5) is 0. The zero-order valence-corrected chi connectivity index (χ0v) is 5.24. The van der Waals surface area contributed by atoms with Gasteiger partial charge in [0, 0.05) is 12.8 Å². The van der Waals surface area contributed by atoms with Crippen molar-refractivity contribution in [2.45, 2.75) is 31.6 Å². The lowest BCUT2D eigenvalue weighted by molar-refractivity contribution is 0.00932. The van der Waals surface area contributed by atoms with Crippen LogP contribution in [0.1, 0.15) is 25.7 Å². The van der Waals surface area contributed by atoms with E-state index in [4.69, 9.17) is 0 Å². The number of rotatable bonds is 0. The molecule has 0 spiro atoms. The molecule has 0 unspecified atom stereocenters. The van der Waals surface area contributed by atoms with Crippen LogP contribution in [-0.4, -0.2) is 5.92 Å². The zero-order chi connectivity index (χ0) is 7.33. The summed E-state index contributed by atoms with van der Waals surface area (Å²) in [5, 5.41) is 0. The second kappa shape index (κ2) is 3.45. The molecule has 9 heavy (non-hydrogen) atoms. The molecule has 1 rings (SSSR count). The van der Waals surface area contributed by atoms with Gasteiger partial charge >= 0.3 is 0 Å². The molecule has 0 aromatic rings. The molecule has 0 N–H and O–H groups in total. The predicted octanol–water partition coefficient (Wildman–Crippen LogP) is 2.45. The Labute approximate surface area is 54.3 Å². The summed E-state index contributed by atoms with van der Waals surface area (Å²) in [7, 11) is 0. The third-order valence-electron chi connectivity index (χ3n) is 1.34. The minimum atomic E-state index is -2.31. The Kier molecular flexibility index (Phi) is 3.22. The van der Waals surface area contributed by atoms with E-state index in [1.807, 2.05) is 0 Å². The van der Waals surface area contributed by atoms with Crippen LogP contribution in [0.15, 0.2) is 0 Å². The lowest BCUT2D eigenvalue weighted by Gasteiger charge is -2.03. The molecule has 2 heteroatoms. The van der Waals surface area contributed by atoms with Gasteiger partial charge in [0.1, 0.15) is 0 Å². The van der Waals surface area contributed by atoms with Gasteiger partial charge in [-0.2, -0.15) is 0 Å². The topological polar surface area (TPSA) is 0 Å². The molecule has 0 nitrogen and oxygen atoms in total. The van der Waals surface area contributed by atoms with Crippen molar-refractivity contribution in [2.75, 3.05) is 0 Å². The van der Waals surface area contributed by atoms with E-state index in [0.717, 1.165) is 0 Å². The fraction of sp³-hybridized carbons (Fsp3) is 0.714. The van der Waals surface area contributed by atoms with Gasteiger partial charge < -0.3 is 0 Å². The molecule has 0 saturated heterocycles. The number of halogens is 2. The summed E-state index contributed by atoms with van der Waals surface area (Å²) in [5.74, 6) is -2.31. The number of alkyl halides is 2. The maximum absolute atomic E-state index is 11.9. The van der Waals surface area contributed by atoms with Gasteiger partial charge in [0.2, 0.25) is 5.92 Å². The Balaban J connectivity index is 0.000000291. The average molecular weight is 132 g/mol. The van der Waals surface area contributed by atoms with E-state index < -0.39 is 5.92 Å². The molecule has 1 saturated carbocycles. The van der Waals surface area contributed by atoms with Crippen molar-refractivity contribution in [1.82, 2.24) is 0 Å². The lowest BCUT2D eigenvalue weighted by atomic mass is 10.3. The number of terminal acetylenes is 1. The van der Waals surface area contributed by atoms with Gasteiger partial charge in [0.05, 0.1) is 0 Å². The third-order valence-corrected chi connectivity index (χ3v) is 1.34. The smallest absolute Gasteiger partial charge is 0.207 e. The Morgan fingerprint density at radius 1 is 1.00 bits per heavy atom. The highest BCUT2D eigenvalue weighted by Gasteiger charge is 2.32. The molecule has 52 valence electrons. The number of hydrogen-bond donors (Lipinski definition) is 0. The summed E-state index contributed by atoms with van der Waals surface area (Å²) in [6, 6.07) is 0. The second-order valence-corrected chi connectivity index (χ2v) is 2.06. The highest BCUT2D eigenvalue weighted by Crippen LogP contribution is 2.33. The average Bonchev–Trinajstić information content (AvgIpc) is 2.19. The predicted molar refractivity (Wildman–Crippen MR) is 33.3 cm³/mol. The minimum Gasteiger partial charge on any atom is -0.207 e. The summed E-state index contributed by atoms with van der Waals surface area (Å²) in [6.07, 6.45) is 9.67. The standard InChI is InChI=1S/C5H8F2.C2H2/c6-5(7)3-1-2-4-5;1-2/h1-4H2;1-2H. The van der Waals surface area contributed by atoms with Crippen LogP contribution in [0.5, 0.6) is 0 Å². The highest BCUT2D eigenvalue weighted by atomic mass is 19.3. The Hall–Kier alpha value is -0.580. The SMILES string of the molecule is C#C.FC1(F)CCCC1. The van der Waals surface area contributed by atoms with Crippen LogP contribution in [0.2, 0.25) is 0 Å². The summed E-state index contributed by atoms with van der Waals surface area (Å²) in [6.45, 7) is 0. The molecule has 0 aromatic carbocycles. The summed E-state index contributed by atoms with van der Waals surface area (Å²) in [5.41, 5.74) is 0. The largest absolute Gasteiger partial charge is 0.248 e. The molecule has 0 bridgehead atoms. The van der Waals surface area contributed by atoms with Crippen LogP contribution in [0.3, 0.4) is 0 Å². The highest BCUT2D eigenvalue weighted by molar-refractivity contribution is 4.72. The van der Waals surface area contributed by atoms with Crippen LogP contribution in [0.4, 0.5) is 8.78 Å². The van der Waals surface area contributed by atoms with Crippen LogP contribution >= 0.6 is 0 Å². The van der Waals surface area contributed by atoms with Gasteiger partial charge in [-0.05, 0) is 12.8 Å². The first-order chi connectivity index (χ1) is 4.21. The summed E-state index contributed by atoms with van der Waals surface area (Å²) >= 11 is 0. The second-order valence-electron chi connectivity index (χ2n) is 2.06. The Morgan fingerprint density at radius 3 is 1.44 bits per heavy atom. The molecule has 0 amide bonds. The first kappa shape index (κ1) is 8.42. The maximum Gasteiger partial charge on any atom is 0.248 e. The van der Waals surface area contributed by atoms with Gasteiger partial charge in [-0.3, -0.25) is 0 Å². The molecule has 1 fully saturated rings. The van der Waals surface area contributed by atoms with Crippen LogP contribution < -0.4 is 0 Å². The van der Waals surface area contributed by atoms with Crippen molar-refractivity contribution in [1.29, 1.82) is 0 Å². The third kappa shape index (κ3) is 3.07. The van der Waals surface area contributed by atoms with Gasteiger partial charge in [0.25, 0.3) is 0 Å². The van der Waals surface area contributed by atoms with E-state index in [1.165, 1.54) is 0 Å². The van der Waals surface area contributed by atoms with Crippen LogP contribution in [-0.2, 0) is 0 Å². The molecule has 0 atom stereocenters. The van der Waals surface area contributed by atoms with Crippen molar-refractivity contribution >= 4 is 0 Å². The lowest BCUT2D eigenvalue weighted by Crippen LogP contribution is -2.06. The minimum absolute atomic E-state index is 0.118. The van der Waals surface area contributed by atoms with Gasteiger partial charge in [0.15, 0.2) is 0 Å². The first-order valence-electron chi connectivity index (χ1n) is 2.92. The Bertz CT molecular complexity index is 86.3. The van der Waals surface area contributed by atoms with Crippen molar-refractivity contribution in [3.05, 3.63) is 0 Å². The molecule has 0 heterocycles. The molecular weight excluding hydrogens is 122 g/mol. The quantitative estimate of drug-likeness (QED) is 0.444. The van der Waals surface area contributed by atoms with Crippen molar-refractivity contribution in [3.8, 4) is 12.8 Å². The van der Waals surface area contributed by atoms with Crippen molar-refractivity contribution in [3.63, 3.8) is 0 Å². The molecule has 0 aliphatic heterocycles. The fourth-order valence-electron chi connectivity index (χ4n) is 0.892. The van der Waals surface area contributed by atoms with E-state index in [-0.39, 0.29) is 12.8 Å². The van der Waals surface area contributed by atoms with E-state index in [0.29, 0.717) is 12.8 Å². The zero-order valence-electron chi connectivity index (χ0n) is 5.24. The van der Waals surface area contributed by atoms with E-state index in [1.54, 1.807) is 0 Å². The van der Waals surface area contributed by atoms with Crippen molar-refractivity contribution in [2.24, 2.45) is 0 Å². The number of hydrogen-bond acceptors (Lipinski definition) is 0. The normalized spacial score (nSPS) is 22.2. The Morgan fingerprint density at radius 2 is 1.33 bits per heavy atom. The summed E-state index contributed by atoms with van der Waals surface area (Å²) < 4.78 is 23.9. The molecule has 1 aliphatic rings. The monoisotopic (exact) mass is 132 g/mol. The van der Waals surface area contributed by atoms with E-state index >= 15 is 0 Å². The van der Waals surface area contributed by atoms with E-state index in [9.17, 15) is 8.78 Å². The fourth-order valence-corrected chi connectivity index (χ4v) is 0.892. The molecular formula is C7H10F2. The molecule has 1 aliphatic carbocycles. The van der Waals surface area contributed by atoms with Gasteiger partial charge in [-0.25, -0.2) is 8.78 Å². The van der Waals surface area contributed by atoms with E-state index in [2.05, 4.69) is 12.8 Å².